The van der Waals surface area contributed by atoms with Crippen molar-refractivity contribution >= 4 is 33.5 Å². The van der Waals surface area contributed by atoms with Crippen molar-refractivity contribution in [2.45, 2.75) is 13.5 Å². The van der Waals surface area contributed by atoms with Crippen molar-refractivity contribution in [3.63, 3.8) is 0 Å². The van der Waals surface area contributed by atoms with E-state index >= 15 is 0 Å². The summed E-state index contributed by atoms with van der Waals surface area (Å²) in [5, 5.41) is 12.1. The van der Waals surface area contributed by atoms with Crippen molar-refractivity contribution in [2.24, 2.45) is 0 Å². The maximum atomic E-state index is 12.3. The van der Waals surface area contributed by atoms with Gasteiger partial charge >= 0.3 is 17.1 Å². The lowest BCUT2D eigenvalue weighted by Crippen LogP contribution is -2.38. The normalized spacial score (nSPS) is 10.9. The second-order valence-electron chi connectivity index (χ2n) is 5.27. The first-order chi connectivity index (χ1) is 11.9. The van der Waals surface area contributed by atoms with Crippen LogP contribution in [0.2, 0.25) is 0 Å². The number of hydrogen-bond donors (Lipinski definition) is 1. The van der Waals surface area contributed by atoms with Gasteiger partial charge in [0.2, 0.25) is 0 Å². The van der Waals surface area contributed by atoms with Crippen LogP contribution in [0.4, 0.5) is 5.69 Å². The van der Waals surface area contributed by atoms with Crippen LogP contribution in [0.5, 0.6) is 0 Å². The first-order valence-corrected chi connectivity index (χ1v) is 7.42. The number of esters is 1. The molecule has 0 aliphatic heterocycles. The van der Waals surface area contributed by atoms with Gasteiger partial charge in [-0.15, -0.1) is 0 Å². The fourth-order valence-corrected chi connectivity index (χ4v) is 2.68. The van der Waals surface area contributed by atoms with E-state index in [4.69, 9.17) is 4.74 Å². The van der Waals surface area contributed by atoms with Crippen LogP contribution in [0.3, 0.4) is 0 Å². The fourth-order valence-electron chi connectivity index (χ4n) is 2.68. The van der Waals surface area contributed by atoms with Crippen LogP contribution in [0.25, 0.3) is 21.8 Å². The summed E-state index contributed by atoms with van der Waals surface area (Å²) in [4.78, 5) is 48.9. The van der Waals surface area contributed by atoms with Crippen molar-refractivity contribution in [1.29, 1.82) is 0 Å². The van der Waals surface area contributed by atoms with E-state index in [9.17, 15) is 24.5 Å². The van der Waals surface area contributed by atoms with Crippen LogP contribution in [-0.4, -0.2) is 27.1 Å². The highest BCUT2D eigenvalue weighted by Crippen LogP contribution is 2.26. The monoisotopic (exact) mass is 343 g/mol. The zero-order chi connectivity index (χ0) is 18.1. The Kier molecular flexibility index (Phi) is 4.05. The van der Waals surface area contributed by atoms with E-state index < -0.39 is 28.6 Å². The van der Waals surface area contributed by atoms with E-state index in [0.29, 0.717) is 16.3 Å². The molecule has 0 atom stereocenters. The number of nitrogens with zero attached hydrogens (tertiary/aromatic N) is 2. The number of rotatable bonds is 4. The minimum Gasteiger partial charge on any atom is -0.465 e. The predicted octanol–water partition coefficient (Wildman–Crippen LogP) is 1.31. The molecule has 0 radical (unpaired) electrons. The second kappa shape index (κ2) is 6.19. The number of carbonyl (C=O) groups excluding carboxylic acids is 1. The molecule has 0 fully saturated rings. The number of non-ortho nitro benzene ring substituents is 1. The quantitative estimate of drug-likeness (QED) is 0.250. The molecule has 1 N–H and O–H groups in total. The summed E-state index contributed by atoms with van der Waals surface area (Å²) in [7, 11) is 0. The summed E-state index contributed by atoms with van der Waals surface area (Å²) >= 11 is 0. The lowest BCUT2D eigenvalue weighted by molar-refractivity contribution is -0.384. The lowest BCUT2D eigenvalue weighted by atomic mass is 10.1. The van der Waals surface area contributed by atoms with Gasteiger partial charge in [-0.3, -0.25) is 29.1 Å². The Morgan fingerprint density at radius 1 is 1.28 bits per heavy atom. The van der Waals surface area contributed by atoms with Crippen LogP contribution in [-0.2, 0) is 16.1 Å². The molecule has 0 spiro atoms. The van der Waals surface area contributed by atoms with Gasteiger partial charge in [-0.05, 0) is 24.4 Å². The molecule has 9 nitrogen and oxygen atoms in total. The Morgan fingerprint density at radius 3 is 2.68 bits per heavy atom. The third kappa shape index (κ3) is 2.87. The van der Waals surface area contributed by atoms with Gasteiger partial charge in [0, 0.05) is 17.5 Å². The van der Waals surface area contributed by atoms with Crippen LogP contribution < -0.4 is 11.1 Å². The summed E-state index contributed by atoms with van der Waals surface area (Å²) in [6.45, 7) is 1.28. The zero-order valence-electron chi connectivity index (χ0n) is 13.1. The molecule has 0 saturated heterocycles. The molecule has 0 amide bonds. The molecule has 128 valence electrons. The van der Waals surface area contributed by atoms with Gasteiger partial charge in [0.05, 0.1) is 22.6 Å². The Morgan fingerprint density at radius 2 is 2.00 bits per heavy atom. The number of aromatic nitrogens is 2. The van der Waals surface area contributed by atoms with Gasteiger partial charge < -0.3 is 9.72 Å². The van der Waals surface area contributed by atoms with E-state index in [1.165, 1.54) is 18.2 Å². The van der Waals surface area contributed by atoms with Crippen molar-refractivity contribution < 1.29 is 14.5 Å². The SMILES string of the molecule is CCOC(=O)Cn1c(=O)c(=O)[nH]c2ccc3ccc([N+](=O)[O-])cc3c21. The number of nitrogens with one attached hydrogen (secondary N) is 1. The molecule has 2 aromatic carbocycles. The Hall–Kier alpha value is -3.49. The number of aromatic amines is 1. The van der Waals surface area contributed by atoms with E-state index in [1.54, 1.807) is 19.1 Å². The van der Waals surface area contributed by atoms with Crippen LogP contribution in [0, 0.1) is 10.1 Å². The fraction of sp³-hybridized carbons (Fsp3) is 0.188. The number of benzene rings is 2. The number of nitro groups is 1. The van der Waals surface area contributed by atoms with Gasteiger partial charge in [0.25, 0.3) is 5.69 Å². The maximum Gasteiger partial charge on any atom is 0.326 e. The Bertz CT molecular complexity index is 1130. The van der Waals surface area contributed by atoms with E-state index in [-0.39, 0.29) is 17.8 Å². The van der Waals surface area contributed by atoms with Crippen LogP contribution in [0.15, 0.2) is 39.9 Å². The molecule has 0 aliphatic rings. The van der Waals surface area contributed by atoms with Crippen molar-refractivity contribution in [2.75, 3.05) is 6.61 Å². The third-order valence-corrected chi connectivity index (χ3v) is 3.74. The highest BCUT2D eigenvalue weighted by atomic mass is 16.6. The number of H-pyrrole nitrogens is 1. The highest BCUT2D eigenvalue weighted by molar-refractivity contribution is 6.05. The molecule has 0 saturated carbocycles. The maximum absolute atomic E-state index is 12.3. The summed E-state index contributed by atoms with van der Waals surface area (Å²) in [6, 6.07) is 7.42. The third-order valence-electron chi connectivity index (χ3n) is 3.74. The zero-order valence-corrected chi connectivity index (χ0v) is 13.1. The first kappa shape index (κ1) is 16.4. The van der Waals surface area contributed by atoms with Crippen molar-refractivity contribution in [3.8, 4) is 0 Å². The molecule has 25 heavy (non-hydrogen) atoms. The Balaban J connectivity index is 2.41. The summed E-state index contributed by atoms with van der Waals surface area (Å²) in [5.41, 5.74) is -1.46. The predicted molar refractivity (Wildman–Crippen MR) is 89.6 cm³/mol. The molecule has 0 bridgehead atoms. The molecule has 1 aromatic heterocycles. The number of fused-ring (bicyclic) bond motifs is 3. The molecular formula is C16H13N3O6. The average Bonchev–Trinajstić information content (AvgIpc) is 2.58. The molecule has 3 aromatic rings. The molecular weight excluding hydrogens is 330 g/mol. The summed E-state index contributed by atoms with van der Waals surface area (Å²) in [6.07, 6.45) is 0. The lowest BCUT2D eigenvalue weighted by Gasteiger charge is -2.11. The highest BCUT2D eigenvalue weighted by Gasteiger charge is 2.16. The number of ether oxygens (including phenoxy) is 1. The average molecular weight is 343 g/mol. The molecule has 9 heteroatoms. The van der Waals surface area contributed by atoms with Gasteiger partial charge in [0.1, 0.15) is 6.54 Å². The standard InChI is InChI=1S/C16H13N3O6/c1-2-25-13(20)8-18-14-11-7-10(19(23)24)5-3-9(11)4-6-12(14)17-15(21)16(18)22/h3-7H,2,8H2,1H3,(H,17,21). The minimum atomic E-state index is -0.931. The van der Waals surface area contributed by atoms with E-state index in [0.717, 1.165) is 4.57 Å². The van der Waals surface area contributed by atoms with Gasteiger partial charge in [-0.1, -0.05) is 6.07 Å². The smallest absolute Gasteiger partial charge is 0.326 e. The topological polar surface area (TPSA) is 124 Å². The van der Waals surface area contributed by atoms with Crippen LogP contribution >= 0.6 is 0 Å². The number of carbonyl (C=O) groups is 1. The Labute approximate surface area is 139 Å². The molecule has 1 heterocycles. The largest absolute Gasteiger partial charge is 0.465 e. The summed E-state index contributed by atoms with van der Waals surface area (Å²) < 4.78 is 5.83. The van der Waals surface area contributed by atoms with Gasteiger partial charge in [-0.2, -0.15) is 0 Å². The minimum absolute atomic E-state index is 0.126. The van der Waals surface area contributed by atoms with Crippen LogP contribution in [0.1, 0.15) is 6.92 Å². The van der Waals surface area contributed by atoms with Crippen molar-refractivity contribution in [3.05, 3.63) is 61.2 Å². The van der Waals surface area contributed by atoms with Crippen molar-refractivity contribution in [1.82, 2.24) is 9.55 Å². The van der Waals surface area contributed by atoms with E-state index in [1.807, 2.05) is 0 Å². The first-order valence-electron chi connectivity index (χ1n) is 7.42. The number of nitro benzene ring substituents is 1. The molecule has 0 aliphatic carbocycles. The molecule has 0 unspecified atom stereocenters. The number of hydrogen-bond acceptors (Lipinski definition) is 6. The molecule has 3 rings (SSSR count). The van der Waals surface area contributed by atoms with Gasteiger partial charge in [0.15, 0.2) is 0 Å². The second-order valence-corrected chi connectivity index (χ2v) is 5.27. The van der Waals surface area contributed by atoms with Gasteiger partial charge in [-0.25, -0.2) is 0 Å². The van der Waals surface area contributed by atoms with E-state index in [2.05, 4.69) is 4.98 Å². The summed E-state index contributed by atoms with van der Waals surface area (Å²) in [5.74, 6) is -0.682.